The third-order valence-electron chi connectivity index (χ3n) is 2.83. The number of hydrogen-bond donors (Lipinski definition) is 1. The Morgan fingerprint density at radius 2 is 2.00 bits per heavy atom. The van der Waals surface area contributed by atoms with Gasteiger partial charge in [-0.2, -0.15) is 0 Å². The number of carboxylic acid groups (broad SMARTS) is 1. The average molecular weight is 267 g/mol. The number of esters is 1. The van der Waals surface area contributed by atoms with Crippen LogP contribution in [0.15, 0.2) is 35.4 Å². The molecule has 0 spiro atoms. The van der Waals surface area contributed by atoms with Gasteiger partial charge in [0.05, 0.1) is 0 Å². The molecule has 0 fully saturated rings. The van der Waals surface area contributed by atoms with E-state index in [9.17, 15) is 9.59 Å². The molecule has 1 aromatic carbocycles. The maximum Gasteiger partial charge on any atom is 0.346 e. The fraction of sp³-hybridized carbons (Fsp3) is 0.231. The Balaban J connectivity index is 2.29. The van der Waals surface area contributed by atoms with Crippen molar-refractivity contribution >= 4 is 23.5 Å². The molecule has 0 saturated carbocycles. The zero-order chi connectivity index (χ0) is 13.3. The van der Waals surface area contributed by atoms with Crippen molar-refractivity contribution in [2.45, 2.75) is 19.4 Å². The van der Waals surface area contributed by atoms with E-state index in [1.165, 1.54) is 0 Å². The smallest absolute Gasteiger partial charge is 0.346 e. The van der Waals surface area contributed by atoms with Crippen molar-refractivity contribution in [1.82, 2.24) is 0 Å². The van der Waals surface area contributed by atoms with Gasteiger partial charge in [0.1, 0.15) is 11.7 Å². The molecule has 1 heterocycles. The normalized spacial score (nSPS) is 19.7. The molecule has 0 amide bonds. The van der Waals surface area contributed by atoms with Crippen molar-refractivity contribution < 1.29 is 19.4 Å². The number of carbonyl (C=O) groups is 2. The first-order valence-electron chi connectivity index (χ1n) is 5.38. The van der Waals surface area contributed by atoms with E-state index in [1.807, 2.05) is 0 Å². The zero-order valence-corrected chi connectivity index (χ0v) is 10.4. The number of hydrogen-bond acceptors (Lipinski definition) is 3. The largest absolute Gasteiger partial charge is 0.477 e. The molecule has 0 aliphatic carbocycles. The summed E-state index contributed by atoms with van der Waals surface area (Å²) in [7, 11) is 0. The van der Waals surface area contributed by atoms with Gasteiger partial charge in [-0.15, -0.1) is 0 Å². The summed E-state index contributed by atoms with van der Waals surface area (Å²) in [6.07, 6.45) is -0.0625. The highest BCUT2D eigenvalue weighted by atomic mass is 35.5. The van der Waals surface area contributed by atoms with Crippen LogP contribution in [0.25, 0.3) is 0 Å². The molecule has 2 rings (SSSR count). The van der Waals surface area contributed by atoms with E-state index in [0.29, 0.717) is 17.0 Å². The number of cyclic esters (lactones) is 1. The summed E-state index contributed by atoms with van der Waals surface area (Å²) in [5.41, 5.74) is 1.07. The lowest BCUT2D eigenvalue weighted by molar-refractivity contribution is -0.150. The van der Waals surface area contributed by atoms with E-state index < -0.39 is 18.0 Å². The van der Waals surface area contributed by atoms with Gasteiger partial charge in [0.25, 0.3) is 0 Å². The SMILES string of the molecule is CC1=C(C(=O)O)C(=O)OC(c2ccc(Cl)cc2)C1. The Hall–Kier alpha value is -1.81. The van der Waals surface area contributed by atoms with E-state index in [0.717, 1.165) is 5.56 Å². The number of aliphatic carboxylic acids is 1. The fourth-order valence-electron chi connectivity index (χ4n) is 1.92. The molecule has 18 heavy (non-hydrogen) atoms. The molecule has 0 bridgehead atoms. The van der Waals surface area contributed by atoms with Gasteiger partial charge in [0.2, 0.25) is 0 Å². The summed E-state index contributed by atoms with van der Waals surface area (Å²) in [4.78, 5) is 22.5. The second-order valence-electron chi connectivity index (χ2n) is 4.11. The summed E-state index contributed by atoms with van der Waals surface area (Å²) in [5.74, 6) is -2.03. The van der Waals surface area contributed by atoms with E-state index in [4.69, 9.17) is 21.4 Å². The maximum atomic E-state index is 11.6. The van der Waals surface area contributed by atoms with Crippen LogP contribution in [0.4, 0.5) is 0 Å². The van der Waals surface area contributed by atoms with E-state index >= 15 is 0 Å². The number of rotatable bonds is 2. The van der Waals surface area contributed by atoms with Crippen LogP contribution < -0.4 is 0 Å². The minimum Gasteiger partial charge on any atom is -0.477 e. The first-order chi connectivity index (χ1) is 8.49. The summed E-state index contributed by atoms with van der Waals surface area (Å²) in [6.45, 7) is 1.63. The van der Waals surface area contributed by atoms with Crippen molar-refractivity contribution in [2.75, 3.05) is 0 Å². The third-order valence-corrected chi connectivity index (χ3v) is 3.08. The van der Waals surface area contributed by atoms with Gasteiger partial charge in [-0.1, -0.05) is 23.7 Å². The summed E-state index contributed by atoms with van der Waals surface area (Å²) in [5, 5.41) is 9.49. The summed E-state index contributed by atoms with van der Waals surface area (Å²) < 4.78 is 5.14. The van der Waals surface area contributed by atoms with Gasteiger partial charge in [0, 0.05) is 11.4 Å². The van der Waals surface area contributed by atoms with E-state index in [1.54, 1.807) is 31.2 Å². The molecular weight excluding hydrogens is 256 g/mol. The van der Waals surface area contributed by atoms with Gasteiger partial charge in [-0.3, -0.25) is 0 Å². The van der Waals surface area contributed by atoms with Crippen LogP contribution in [0.3, 0.4) is 0 Å². The highest BCUT2D eigenvalue weighted by molar-refractivity contribution is 6.30. The van der Waals surface area contributed by atoms with Gasteiger partial charge in [-0.05, 0) is 30.2 Å². The standard InChI is InChI=1S/C13H11ClO4/c1-7-6-10(8-2-4-9(14)5-3-8)18-13(17)11(7)12(15)16/h2-5,10H,6H2,1H3,(H,15,16). The molecule has 5 heteroatoms. The zero-order valence-electron chi connectivity index (χ0n) is 9.64. The topological polar surface area (TPSA) is 63.6 Å². The van der Waals surface area contributed by atoms with Crippen molar-refractivity contribution in [3.63, 3.8) is 0 Å². The molecular formula is C13H11ClO4. The summed E-state index contributed by atoms with van der Waals surface area (Å²) in [6, 6.07) is 6.94. The van der Waals surface area contributed by atoms with Gasteiger partial charge in [0.15, 0.2) is 0 Å². The fourth-order valence-corrected chi connectivity index (χ4v) is 2.04. The first kappa shape index (κ1) is 12.6. The lowest BCUT2D eigenvalue weighted by Gasteiger charge is -2.24. The second kappa shape index (κ2) is 4.82. The van der Waals surface area contributed by atoms with Crippen molar-refractivity contribution in [3.05, 3.63) is 46.0 Å². The molecule has 1 aliphatic rings. The Bertz CT molecular complexity index is 530. The third kappa shape index (κ3) is 2.38. The first-order valence-corrected chi connectivity index (χ1v) is 5.76. The minimum atomic E-state index is -1.24. The Kier molecular flexibility index (Phi) is 3.39. The molecule has 0 saturated heterocycles. The lowest BCUT2D eigenvalue weighted by atomic mass is 9.96. The number of benzene rings is 1. The monoisotopic (exact) mass is 266 g/mol. The van der Waals surface area contributed by atoms with Crippen LogP contribution in [-0.2, 0) is 14.3 Å². The highest BCUT2D eigenvalue weighted by Gasteiger charge is 2.31. The predicted octanol–water partition coefficient (Wildman–Crippen LogP) is 2.73. The lowest BCUT2D eigenvalue weighted by Crippen LogP contribution is -2.25. The van der Waals surface area contributed by atoms with Crippen molar-refractivity contribution in [3.8, 4) is 0 Å². The van der Waals surface area contributed by atoms with Gasteiger partial charge >= 0.3 is 11.9 Å². The molecule has 1 N–H and O–H groups in total. The molecule has 1 unspecified atom stereocenters. The molecule has 1 atom stereocenters. The van der Waals surface area contributed by atoms with Crippen LogP contribution in [0.2, 0.25) is 5.02 Å². The Labute approximate surface area is 109 Å². The maximum absolute atomic E-state index is 11.6. The van der Waals surface area contributed by atoms with Crippen molar-refractivity contribution in [2.24, 2.45) is 0 Å². The van der Waals surface area contributed by atoms with Crippen LogP contribution in [0.1, 0.15) is 25.0 Å². The Morgan fingerprint density at radius 3 is 2.50 bits per heavy atom. The molecule has 0 aromatic heterocycles. The second-order valence-corrected chi connectivity index (χ2v) is 4.55. The van der Waals surface area contributed by atoms with Crippen LogP contribution in [0, 0.1) is 0 Å². The summed E-state index contributed by atoms with van der Waals surface area (Å²) >= 11 is 5.78. The Morgan fingerprint density at radius 1 is 1.39 bits per heavy atom. The highest BCUT2D eigenvalue weighted by Crippen LogP contribution is 2.32. The van der Waals surface area contributed by atoms with Gasteiger partial charge in [-0.25, -0.2) is 9.59 Å². The van der Waals surface area contributed by atoms with E-state index in [-0.39, 0.29) is 5.57 Å². The molecule has 0 radical (unpaired) electrons. The molecule has 4 nitrogen and oxygen atoms in total. The van der Waals surface area contributed by atoms with E-state index in [2.05, 4.69) is 0 Å². The molecule has 94 valence electrons. The molecule has 1 aliphatic heterocycles. The van der Waals surface area contributed by atoms with Crippen molar-refractivity contribution in [1.29, 1.82) is 0 Å². The predicted molar refractivity (Wildman–Crippen MR) is 65.2 cm³/mol. The number of halogens is 1. The van der Waals surface area contributed by atoms with Crippen LogP contribution in [0.5, 0.6) is 0 Å². The quantitative estimate of drug-likeness (QED) is 0.660. The number of carboxylic acids is 1. The minimum absolute atomic E-state index is 0.264. The van der Waals surface area contributed by atoms with Crippen LogP contribution >= 0.6 is 11.6 Å². The number of carbonyl (C=O) groups excluding carboxylic acids is 1. The molecule has 1 aromatic rings. The van der Waals surface area contributed by atoms with Gasteiger partial charge < -0.3 is 9.84 Å². The number of ether oxygens (including phenoxy) is 1. The average Bonchev–Trinajstić information content (AvgIpc) is 2.28. The van der Waals surface area contributed by atoms with Crippen LogP contribution in [-0.4, -0.2) is 17.0 Å².